The quantitative estimate of drug-likeness (QED) is 0.683. The van der Waals surface area contributed by atoms with Crippen LogP contribution in [0, 0.1) is 5.92 Å². The topological polar surface area (TPSA) is 65.0 Å². The van der Waals surface area contributed by atoms with Crippen molar-refractivity contribution in [2.24, 2.45) is 5.92 Å². The third-order valence-electron chi connectivity index (χ3n) is 4.54. The molecule has 2 unspecified atom stereocenters. The molecule has 0 amide bonds. The molecule has 0 radical (unpaired) electrons. The van der Waals surface area contributed by atoms with Gasteiger partial charge in [0.2, 0.25) is 5.79 Å². The number of ether oxygens (including phenoxy) is 1. The number of esters is 1. The standard InChI is InChI=1S/C20H22O5/c1-3-23-18(21)17-14-20(25-24-19(17,2)22,15-10-6-4-7-11-15)16-12-8-5-9-13-16/h4-13,17,22H,3,14H2,1-2H3. The van der Waals surface area contributed by atoms with Crippen LogP contribution in [0.5, 0.6) is 0 Å². The molecule has 25 heavy (non-hydrogen) atoms. The zero-order chi connectivity index (χ0) is 17.9. The van der Waals surface area contributed by atoms with E-state index >= 15 is 0 Å². The van der Waals surface area contributed by atoms with Crippen LogP contribution in [0.3, 0.4) is 0 Å². The third kappa shape index (κ3) is 3.31. The van der Waals surface area contributed by atoms with Crippen molar-refractivity contribution >= 4 is 5.97 Å². The Morgan fingerprint density at radius 1 is 1.08 bits per heavy atom. The molecule has 3 rings (SSSR count). The highest BCUT2D eigenvalue weighted by atomic mass is 17.2. The van der Waals surface area contributed by atoms with Gasteiger partial charge < -0.3 is 9.84 Å². The summed E-state index contributed by atoms with van der Waals surface area (Å²) in [5.74, 6) is -3.16. The molecule has 0 spiro atoms. The lowest BCUT2D eigenvalue weighted by atomic mass is 9.76. The first kappa shape index (κ1) is 17.6. The van der Waals surface area contributed by atoms with Gasteiger partial charge in [0.1, 0.15) is 5.92 Å². The second kappa shape index (κ2) is 6.96. The predicted molar refractivity (Wildman–Crippen MR) is 91.2 cm³/mol. The Kier molecular flexibility index (Phi) is 4.90. The molecule has 5 nitrogen and oxygen atoms in total. The maximum Gasteiger partial charge on any atom is 0.314 e. The van der Waals surface area contributed by atoms with Gasteiger partial charge in [-0.05, 0) is 25.0 Å². The molecule has 1 fully saturated rings. The molecule has 2 aromatic rings. The summed E-state index contributed by atoms with van der Waals surface area (Å²) >= 11 is 0. The third-order valence-corrected chi connectivity index (χ3v) is 4.54. The lowest BCUT2D eigenvalue weighted by Crippen LogP contribution is -2.53. The molecule has 1 saturated heterocycles. The summed E-state index contributed by atoms with van der Waals surface area (Å²) in [6.07, 6.45) is 0.201. The molecule has 2 atom stereocenters. The first-order chi connectivity index (χ1) is 12.0. The van der Waals surface area contributed by atoms with E-state index in [0.717, 1.165) is 11.1 Å². The highest BCUT2D eigenvalue weighted by Gasteiger charge is 2.54. The number of carbonyl (C=O) groups excluding carboxylic acids is 1. The van der Waals surface area contributed by atoms with E-state index < -0.39 is 23.3 Å². The molecular formula is C20H22O5. The van der Waals surface area contributed by atoms with Gasteiger partial charge in [-0.3, -0.25) is 4.79 Å². The monoisotopic (exact) mass is 342 g/mol. The maximum absolute atomic E-state index is 12.4. The van der Waals surface area contributed by atoms with Crippen LogP contribution in [0.15, 0.2) is 60.7 Å². The van der Waals surface area contributed by atoms with E-state index in [1.54, 1.807) is 6.92 Å². The second-order valence-electron chi connectivity index (χ2n) is 6.29. The van der Waals surface area contributed by atoms with Crippen molar-refractivity contribution in [1.29, 1.82) is 0 Å². The van der Waals surface area contributed by atoms with Crippen molar-refractivity contribution in [2.75, 3.05) is 6.61 Å². The fraction of sp³-hybridized carbons (Fsp3) is 0.350. The van der Waals surface area contributed by atoms with E-state index in [4.69, 9.17) is 14.5 Å². The lowest BCUT2D eigenvalue weighted by molar-refractivity contribution is -0.489. The van der Waals surface area contributed by atoms with Gasteiger partial charge in [-0.2, -0.15) is 4.89 Å². The Hall–Kier alpha value is -2.21. The molecule has 1 aliphatic heterocycles. The summed E-state index contributed by atoms with van der Waals surface area (Å²) < 4.78 is 5.15. The van der Waals surface area contributed by atoms with Crippen LogP contribution in [0.2, 0.25) is 0 Å². The summed E-state index contributed by atoms with van der Waals surface area (Å²) in [5.41, 5.74) is 0.666. The highest BCUT2D eigenvalue weighted by molar-refractivity contribution is 5.74. The number of hydrogen-bond acceptors (Lipinski definition) is 5. The van der Waals surface area contributed by atoms with Gasteiger partial charge in [-0.1, -0.05) is 60.7 Å². The minimum atomic E-state index is -1.76. The Balaban J connectivity index is 2.08. The van der Waals surface area contributed by atoms with Gasteiger partial charge in [-0.15, -0.1) is 0 Å². The molecule has 0 saturated carbocycles. The first-order valence-electron chi connectivity index (χ1n) is 8.36. The summed E-state index contributed by atoms with van der Waals surface area (Å²) in [6, 6.07) is 19.1. The van der Waals surface area contributed by atoms with Crippen molar-refractivity contribution in [2.45, 2.75) is 31.7 Å². The average molecular weight is 342 g/mol. The van der Waals surface area contributed by atoms with Gasteiger partial charge in [0.25, 0.3) is 0 Å². The minimum absolute atomic E-state index is 0.201. The zero-order valence-corrected chi connectivity index (χ0v) is 14.3. The van der Waals surface area contributed by atoms with Crippen LogP contribution in [-0.4, -0.2) is 23.5 Å². The van der Waals surface area contributed by atoms with Crippen LogP contribution < -0.4 is 0 Å². The maximum atomic E-state index is 12.4. The SMILES string of the molecule is CCOC(=O)C1CC(c2ccccc2)(c2ccccc2)OOC1(C)O. The summed E-state index contributed by atoms with van der Waals surface area (Å²) in [4.78, 5) is 23.5. The van der Waals surface area contributed by atoms with Crippen molar-refractivity contribution in [1.82, 2.24) is 0 Å². The summed E-state index contributed by atoms with van der Waals surface area (Å²) in [7, 11) is 0. The van der Waals surface area contributed by atoms with Crippen LogP contribution in [0.1, 0.15) is 31.4 Å². The van der Waals surface area contributed by atoms with Gasteiger partial charge >= 0.3 is 5.97 Å². The van der Waals surface area contributed by atoms with E-state index in [-0.39, 0.29) is 13.0 Å². The molecule has 132 valence electrons. The number of carbonyl (C=O) groups is 1. The van der Waals surface area contributed by atoms with Gasteiger partial charge in [0, 0.05) is 6.42 Å². The van der Waals surface area contributed by atoms with E-state index in [9.17, 15) is 9.90 Å². The van der Waals surface area contributed by atoms with Crippen LogP contribution >= 0.6 is 0 Å². The Bertz CT molecular complexity index is 672. The molecule has 5 heteroatoms. The molecule has 1 heterocycles. The molecule has 1 N–H and O–H groups in total. The average Bonchev–Trinajstić information content (AvgIpc) is 2.63. The van der Waals surface area contributed by atoms with Crippen LogP contribution in [-0.2, 0) is 24.9 Å². The van der Waals surface area contributed by atoms with E-state index in [1.807, 2.05) is 60.7 Å². The van der Waals surface area contributed by atoms with Crippen molar-refractivity contribution in [3.05, 3.63) is 71.8 Å². The largest absolute Gasteiger partial charge is 0.466 e. The molecule has 0 aliphatic carbocycles. The molecule has 0 aromatic heterocycles. The number of benzene rings is 2. The second-order valence-corrected chi connectivity index (χ2v) is 6.29. The fourth-order valence-corrected chi connectivity index (χ4v) is 3.18. The summed E-state index contributed by atoms with van der Waals surface area (Å²) in [5, 5.41) is 10.5. The lowest BCUT2D eigenvalue weighted by Gasteiger charge is -2.45. The minimum Gasteiger partial charge on any atom is -0.466 e. The Morgan fingerprint density at radius 3 is 2.08 bits per heavy atom. The summed E-state index contributed by atoms with van der Waals surface area (Å²) in [6.45, 7) is 3.37. The molecular weight excluding hydrogens is 320 g/mol. The van der Waals surface area contributed by atoms with E-state index in [0.29, 0.717) is 0 Å². The highest BCUT2D eigenvalue weighted by Crippen LogP contribution is 2.47. The Labute approximate surface area is 147 Å². The van der Waals surface area contributed by atoms with E-state index in [1.165, 1.54) is 6.92 Å². The number of hydrogen-bond donors (Lipinski definition) is 1. The smallest absolute Gasteiger partial charge is 0.314 e. The molecule has 2 aromatic carbocycles. The first-order valence-corrected chi connectivity index (χ1v) is 8.36. The van der Waals surface area contributed by atoms with Gasteiger partial charge in [0.05, 0.1) is 6.61 Å². The molecule has 0 bridgehead atoms. The normalized spacial score (nSPS) is 25.3. The van der Waals surface area contributed by atoms with Crippen molar-refractivity contribution < 1.29 is 24.4 Å². The van der Waals surface area contributed by atoms with Crippen molar-refractivity contribution in [3.8, 4) is 0 Å². The fourth-order valence-electron chi connectivity index (χ4n) is 3.18. The Morgan fingerprint density at radius 2 is 1.60 bits per heavy atom. The number of rotatable bonds is 4. The number of aliphatic hydroxyl groups is 1. The predicted octanol–water partition coefficient (Wildman–Crippen LogP) is 3.17. The van der Waals surface area contributed by atoms with Crippen molar-refractivity contribution in [3.63, 3.8) is 0 Å². The van der Waals surface area contributed by atoms with Crippen LogP contribution in [0.25, 0.3) is 0 Å². The van der Waals surface area contributed by atoms with Gasteiger partial charge in [0.15, 0.2) is 5.60 Å². The zero-order valence-electron chi connectivity index (χ0n) is 14.3. The van der Waals surface area contributed by atoms with Crippen LogP contribution in [0.4, 0.5) is 0 Å². The molecule has 1 aliphatic rings. The van der Waals surface area contributed by atoms with Gasteiger partial charge in [-0.25, -0.2) is 4.89 Å². The van der Waals surface area contributed by atoms with E-state index in [2.05, 4.69) is 0 Å².